The highest BCUT2D eigenvalue weighted by molar-refractivity contribution is 9.10. The van der Waals surface area contributed by atoms with Crippen LogP contribution in [0, 0.1) is 6.92 Å². The topological polar surface area (TPSA) is 67.4 Å². The van der Waals surface area contributed by atoms with E-state index >= 15 is 0 Å². The molecule has 0 aliphatic carbocycles. The van der Waals surface area contributed by atoms with Crippen LogP contribution in [0.25, 0.3) is 0 Å². The molecule has 0 fully saturated rings. The van der Waals surface area contributed by atoms with E-state index in [4.69, 9.17) is 16.3 Å². The number of nitrogens with one attached hydrogen (secondary N) is 2. The maximum atomic E-state index is 11.5. The molecule has 7 heteroatoms. The van der Waals surface area contributed by atoms with Gasteiger partial charge in [0.25, 0.3) is 5.91 Å². The van der Waals surface area contributed by atoms with Gasteiger partial charge in [-0.05, 0) is 38.5 Å². The van der Waals surface area contributed by atoms with Gasteiger partial charge in [-0.25, -0.2) is 4.79 Å². The van der Waals surface area contributed by atoms with Crippen LogP contribution in [-0.4, -0.2) is 24.6 Å². The minimum Gasteiger partial charge on any atom is -0.482 e. The minimum atomic E-state index is -0.549. The summed E-state index contributed by atoms with van der Waals surface area (Å²) in [6.45, 7) is 5.13. The Morgan fingerprint density at radius 2 is 2.05 bits per heavy atom. The van der Waals surface area contributed by atoms with Crippen LogP contribution in [0.1, 0.15) is 19.4 Å². The van der Waals surface area contributed by atoms with Gasteiger partial charge >= 0.3 is 6.03 Å². The van der Waals surface area contributed by atoms with E-state index in [0.29, 0.717) is 10.8 Å². The standard InChI is InChI=1S/C13H16BrClN2O3/c1-7(2)16-13(19)17-11(18)6-20-12-8(3)4-9(14)5-10(12)15/h4-5,7H,6H2,1-3H3,(H2,16,17,18,19). The first-order chi connectivity index (χ1) is 9.29. The molecule has 0 aliphatic heterocycles. The highest BCUT2D eigenvalue weighted by Crippen LogP contribution is 2.31. The molecule has 5 nitrogen and oxygen atoms in total. The van der Waals surface area contributed by atoms with Crippen LogP contribution in [0.3, 0.4) is 0 Å². The molecule has 1 rings (SSSR count). The van der Waals surface area contributed by atoms with Crippen molar-refractivity contribution in [3.05, 3.63) is 27.2 Å². The lowest BCUT2D eigenvalue weighted by atomic mass is 10.2. The summed E-state index contributed by atoms with van der Waals surface area (Å²) in [6, 6.07) is 2.90. The van der Waals surface area contributed by atoms with Gasteiger partial charge in [-0.2, -0.15) is 0 Å². The molecule has 2 N–H and O–H groups in total. The number of ether oxygens (including phenoxy) is 1. The molecule has 0 heterocycles. The van der Waals surface area contributed by atoms with Crippen molar-refractivity contribution in [2.24, 2.45) is 0 Å². The second kappa shape index (κ2) is 7.50. The molecule has 0 saturated carbocycles. The summed E-state index contributed by atoms with van der Waals surface area (Å²) >= 11 is 9.34. The molecule has 1 aromatic carbocycles. The highest BCUT2D eigenvalue weighted by atomic mass is 79.9. The first-order valence-corrected chi connectivity index (χ1v) is 7.15. The van der Waals surface area contributed by atoms with Crippen molar-refractivity contribution in [2.45, 2.75) is 26.8 Å². The Balaban J connectivity index is 2.55. The van der Waals surface area contributed by atoms with Gasteiger partial charge in [-0.1, -0.05) is 27.5 Å². The summed E-state index contributed by atoms with van der Waals surface area (Å²) in [5.74, 6) is -0.115. The Bertz CT molecular complexity index is 497. The Morgan fingerprint density at radius 1 is 1.40 bits per heavy atom. The monoisotopic (exact) mass is 362 g/mol. The van der Waals surface area contributed by atoms with Gasteiger partial charge in [0.2, 0.25) is 0 Å². The molecule has 0 radical (unpaired) electrons. The lowest BCUT2D eigenvalue weighted by Crippen LogP contribution is -2.44. The third-order valence-electron chi connectivity index (χ3n) is 2.21. The lowest BCUT2D eigenvalue weighted by Gasteiger charge is -2.12. The van der Waals surface area contributed by atoms with Crippen LogP contribution in [0.4, 0.5) is 4.79 Å². The van der Waals surface area contributed by atoms with Crippen LogP contribution in [0.5, 0.6) is 5.75 Å². The van der Waals surface area contributed by atoms with E-state index in [9.17, 15) is 9.59 Å². The summed E-state index contributed by atoms with van der Waals surface area (Å²) in [5.41, 5.74) is 0.795. The largest absolute Gasteiger partial charge is 0.482 e. The zero-order valence-corrected chi connectivity index (χ0v) is 13.8. The molecule has 1 aromatic rings. The third kappa shape index (κ3) is 5.38. The Hall–Kier alpha value is -1.27. The van der Waals surface area contributed by atoms with Gasteiger partial charge in [0.1, 0.15) is 5.75 Å². The molecule has 0 unspecified atom stereocenters. The second-order valence-electron chi connectivity index (χ2n) is 4.50. The van der Waals surface area contributed by atoms with Gasteiger partial charge in [-0.3, -0.25) is 10.1 Å². The first kappa shape index (κ1) is 16.8. The number of hydrogen-bond donors (Lipinski definition) is 2. The second-order valence-corrected chi connectivity index (χ2v) is 5.82. The van der Waals surface area contributed by atoms with Crippen molar-refractivity contribution in [1.82, 2.24) is 10.6 Å². The predicted octanol–water partition coefficient (Wildman–Crippen LogP) is 3.02. The van der Waals surface area contributed by atoms with Crippen molar-refractivity contribution in [3.63, 3.8) is 0 Å². The van der Waals surface area contributed by atoms with Gasteiger partial charge in [0.15, 0.2) is 6.61 Å². The molecular weight excluding hydrogens is 348 g/mol. The van der Waals surface area contributed by atoms with E-state index in [-0.39, 0.29) is 12.6 Å². The summed E-state index contributed by atoms with van der Waals surface area (Å²) in [4.78, 5) is 22.9. The molecule has 110 valence electrons. The fraction of sp³-hybridized carbons (Fsp3) is 0.385. The van der Waals surface area contributed by atoms with E-state index in [0.717, 1.165) is 10.0 Å². The average Bonchev–Trinajstić information content (AvgIpc) is 2.25. The fourth-order valence-electron chi connectivity index (χ4n) is 1.47. The zero-order chi connectivity index (χ0) is 15.3. The van der Waals surface area contributed by atoms with E-state index in [2.05, 4.69) is 26.6 Å². The number of carbonyl (C=O) groups is 2. The molecule has 20 heavy (non-hydrogen) atoms. The van der Waals surface area contributed by atoms with E-state index in [1.165, 1.54) is 0 Å². The Kier molecular flexibility index (Phi) is 6.29. The number of halogens is 2. The molecule has 0 aromatic heterocycles. The number of aryl methyl sites for hydroxylation is 1. The normalized spacial score (nSPS) is 10.3. The molecular formula is C13H16BrClN2O3. The number of rotatable bonds is 4. The SMILES string of the molecule is Cc1cc(Br)cc(Cl)c1OCC(=O)NC(=O)NC(C)C. The van der Waals surface area contributed by atoms with Crippen LogP contribution < -0.4 is 15.4 Å². The molecule has 0 saturated heterocycles. The molecule has 0 spiro atoms. The highest BCUT2D eigenvalue weighted by Gasteiger charge is 2.12. The van der Waals surface area contributed by atoms with Crippen molar-refractivity contribution in [1.29, 1.82) is 0 Å². The zero-order valence-electron chi connectivity index (χ0n) is 11.4. The van der Waals surface area contributed by atoms with E-state index in [1.807, 2.05) is 13.0 Å². The van der Waals surface area contributed by atoms with Crippen molar-refractivity contribution >= 4 is 39.5 Å². The molecule has 0 bridgehead atoms. The lowest BCUT2D eigenvalue weighted by molar-refractivity contribution is -0.122. The van der Waals surface area contributed by atoms with Gasteiger partial charge in [0, 0.05) is 10.5 Å². The van der Waals surface area contributed by atoms with Crippen LogP contribution in [-0.2, 0) is 4.79 Å². The number of urea groups is 1. The fourth-order valence-corrected chi connectivity index (χ4v) is 2.50. The summed E-state index contributed by atoms with van der Waals surface area (Å²) in [7, 11) is 0. The van der Waals surface area contributed by atoms with Gasteiger partial charge in [-0.15, -0.1) is 0 Å². The minimum absolute atomic E-state index is 0.0492. The van der Waals surface area contributed by atoms with Crippen molar-refractivity contribution < 1.29 is 14.3 Å². The third-order valence-corrected chi connectivity index (χ3v) is 2.95. The van der Waals surface area contributed by atoms with Crippen LogP contribution in [0.15, 0.2) is 16.6 Å². The molecule has 0 atom stereocenters. The number of imide groups is 1. The number of carbonyl (C=O) groups excluding carboxylic acids is 2. The Morgan fingerprint density at radius 3 is 2.60 bits per heavy atom. The summed E-state index contributed by atoms with van der Waals surface area (Å²) in [6.07, 6.45) is 0. The maximum Gasteiger partial charge on any atom is 0.321 e. The predicted molar refractivity (Wildman–Crippen MR) is 81.2 cm³/mol. The van der Waals surface area contributed by atoms with Gasteiger partial charge in [0.05, 0.1) is 5.02 Å². The van der Waals surface area contributed by atoms with Crippen LogP contribution >= 0.6 is 27.5 Å². The first-order valence-electron chi connectivity index (χ1n) is 5.98. The van der Waals surface area contributed by atoms with E-state index in [1.54, 1.807) is 19.9 Å². The summed E-state index contributed by atoms with van der Waals surface area (Å²) < 4.78 is 6.17. The Labute approximate surface area is 131 Å². The molecule has 3 amide bonds. The van der Waals surface area contributed by atoms with Gasteiger partial charge < -0.3 is 10.1 Å². The van der Waals surface area contributed by atoms with Crippen LogP contribution in [0.2, 0.25) is 5.02 Å². The van der Waals surface area contributed by atoms with E-state index < -0.39 is 11.9 Å². The average molecular weight is 364 g/mol. The quantitative estimate of drug-likeness (QED) is 0.864. The van der Waals surface area contributed by atoms with Crippen molar-refractivity contribution in [2.75, 3.05) is 6.61 Å². The number of hydrogen-bond acceptors (Lipinski definition) is 3. The number of amides is 3. The van der Waals surface area contributed by atoms with Crippen molar-refractivity contribution in [3.8, 4) is 5.75 Å². The smallest absolute Gasteiger partial charge is 0.321 e. The molecule has 0 aliphatic rings. The number of benzene rings is 1. The maximum absolute atomic E-state index is 11.5. The summed E-state index contributed by atoms with van der Waals surface area (Å²) in [5, 5.41) is 5.11.